The van der Waals surface area contributed by atoms with Gasteiger partial charge in [0, 0.05) is 27.7 Å². The highest BCUT2D eigenvalue weighted by Gasteiger charge is 2.11. The van der Waals surface area contributed by atoms with Crippen molar-refractivity contribution in [1.29, 1.82) is 0 Å². The van der Waals surface area contributed by atoms with Crippen molar-refractivity contribution in [3.05, 3.63) is 40.9 Å². The first kappa shape index (κ1) is 14.5. The fourth-order valence-electron chi connectivity index (χ4n) is 1.63. The fraction of sp³-hybridized carbons (Fsp3) is 0.308. The van der Waals surface area contributed by atoms with Crippen LogP contribution in [0.2, 0.25) is 5.28 Å². The number of halogens is 2. The van der Waals surface area contributed by atoms with Crippen molar-refractivity contribution in [3.63, 3.8) is 0 Å². The highest BCUT2D eigenvalue weighted by atomic mass is 35.5. The van der Waals surface area contributed by atoms with E-state index in [1.807, 2.05) is 26.0 Å². The van der Waals surface area contributed by atoms with Crippen LogP contribution < -0.4 is 9.80 Å². The van der Waals surface area contributed by atoms with Gasteiger partial charge >= 0.3 is 0 Å². The Morgan fingerprint density at radius 3 is 2.20 bits per heavy atom. The van der Waals surface area contributed by atoms with Gasteiger partial charge in [-0.2, -0.15) is 15.0 Å². The van der Waals surface area contributed by atoms with E-state index < -0.39 is 0 Å². The van der Waals surface area contributed by atoms with Crippen molar-refractivity contribution < 1.29 is 4.39 Å². The summed E-state index contributed by atoms with van der Waals surface area (Å²) in [6.07, 6.45) is 0. The van der Waals surface area contributed by atoms with Crippen LogP contribution in [0.15, 0.2) is 24.3 Å². The number of aromatic nitrogens is 3. The van der Waals surface area contributed by atoms with Gasteiger partial charge in [-0.1, -0.05) is 12.1 Å². The Balaban J connectivity index is 2.20. The van der Waals surface area contributed by atoms with Crippen molar-refractivity contribution >= 4 is 23.5 Å². The van der Waals surface area contributed by atoms with Crippen LogP contribution in [0.3, 0.4) is 0 Å². The summed E-state index contributed by atoms with van der Waals surface area (Å²) < 4.78 is 12.9. The Bertz CT molecular complexity index is 588. The minimum Gasteiger partial charge on any atom is -0.347 e. The summed E-state index contributed by atoms with van der Waals surface area (Å²) in [5.41, 5.74) is 0.955. The molecular formula is C13H15ClFN5. The minimum absolute atomic E-state index is 0.143. The maximum atomic E-state index is 12.9. The molecule has 20 heavy (non-hydrogen) atoms. The zero-order valence-corrected chi connectivity index (χ0v) is 12.3. The van der Waals surface area contributed by atoms with Crippen LogP contribution in [0.25, 0.3) is 0 Å². The number of anilines is 2. The third-order valence-corrected chi connectivity index (χ3v) is 2.83. The molecule has 0 bridgehead atoms. The lowest BCUT2D eigenvalue weighted by Gasteiger charge is -2.19. The highest BCUT2D eigenvalue weighted by molar-refractivity contribution is 6.28. The molecule has 0 saturated heterocycles. The molecule has 1 heterocycles. The third-order valence-electron chi connectivity index (χ3n) is 2.66. The number of rotatable bonds is 4. The molecule has 0 saturated carbocycles. The Labute approximate surface area is 122 Å². The van der Waals surface area contributed by atoms with Gasteiger partial charge in [0.2, 0.25) is 17.2 Å². The first-order valence-corrected chi connectivity index (χ1v) is 6.38. The molecule has 1 aromatic carbocycles. The van der Waals surface area contributed by atoms with Gasteiger partial charge in [0.05, 0.1) is 0 Å². The predicted octanol–water partition coefficient (Wildman–Crippen LogP) is 2.37. The molecular weight excluding hydrogens is 281 g/mol. The van der Waals surface area contributed by atoms with E-state index in [9.17, 15) is 4.39 Å². The smallest absolute Gasteiger partial charge is 0.231 e. The van der Waals surface area contributed by atoms with Crippen LogP contribution in [-0.2, 0) is 6.54 Å². The average Bonchev–Trinajstić information content (AvgIpc) is 2.40. The van der Waals surface area contributed by atoms with Crippen LogP contribution in [0.5, 0.6) is 0 Å². The van der Waals surface area contributed by atoms with Crippen molar-refractivity contribution in [2.24, 2.45) is 0 Å². The number of hydrogen-bond acceptors (Lipinski definition) is 5. The molecule has 0 radical (unpaired) electrons. The van der Waals surface area contributed by atoms with Gasteiger partial charge in [-0.3, -0.25) is 0 Å². The summed E-state index contributed by atoms with van der Waals surface area (Å²) in [6, 6.07) is 6.30. The molecule has 2 rings (SSSR count). The quantitative estimate of drug-likeness (QED) is 0.866. The molecule has 0 aliphatic rings. The van der Waals surface area contributed by atoms with Crippen molar-refractivity contribution in [2.45, 2.75) is 6.54 Å². The second kappa shape index (κ2) is 6.00. The summed E-state index contributed by atoms with van der Waals surface area (Å²) in [6.45, 7) is 0.549. The zero-order valence-electron chi connectivity index (χ0n) is 11.5. The molecule has 106 valence electrons. The van der Waals surface area contributed by atoms with E-state index in [2.05, 4.69) is 15.0 Å². The zero-order chi connectivity index (χ0) is 14.7. The van der Waals surface area contributed by atoms with Crippen molar-refractivity contribution in [1.82, 2.24) is 15.0 Å². The molecule has 0 atom stereocenters. The molecule has 0 unspecified atom stereocenters. The largest absolute Gasteiger partial charge is 0.347 e. The fourth-order valence-corrected chi connectivity index (χ4v) is 1.79. The van der Waals surface area contributed by atoms with E-state index in [4.69, 9.17) is 11.6 Å². The van der Waals surface area contributed by atoms with Gasteiger partial charge in [-0.25, -0.2) is 4.39 Å². The number of nitrogens with zero attached hydrogens (tertiary/aromatic N) is 5. The monoisotopic (exact) mass is 295 g/mol. The Morgan fingerprint density at radius 1 is 1.00 bits per heavy atom. The van der Waals surface area contributed by atoms with E-state index in [0.717, 1.165) is 5.56 Å². The molecule has 0 fully saturated rings. The Morgan fingerprint density at radius 2 is 1.60 bits per heavy atom. The maximum absolute atomic E-state index is 12.9. The Kier molecular flexibility index (Phi) is 4.34. The van der Waals surface area contributed by atoms with Crippen LogP contribution in [0.1, 0.15) is 5.56 Å². The van der Waals surface area contributed by atoms with Crippen molar-refractivity contribution in [3.8, 4) is 0 Å². The first-order chi connectivity index (χ1) is 9.45. The van der Waals surface area contributed by atoms with Gasteiger partial charge in [0.25, 0.3) is 0 Å². The second-order valence-corrected chi connectivity index (χ2v) is 4.92. The van der Waals surface area contributed by atoms with Crippen LogP contribution >= 0.6 is 11.6 Å². The van der Waals surface area contributed by atoms with Gasteiger partial charge in [0.1, 0.15) is 5.82 Å². The van der Waals surface area contributed by atoms with Gasteiger partial charge in [-0.15, -0.1) is 0 Å². The lowest BCUT2D eigenvalue weighted by Crippen LogP contribution is -2.22. The molecule has 7 heteroatoms. The van der Waals surface area contributed by atoms with Gasteiger partial charge in [0.15, 0.2) is 0 Å². The molecule has 2 aromatic rings. The van der Waals surface area contributed by atoms with Crippen LogP contribution in [-0.4, -0.2) is 36.1 Å². The SMILES string of the molecule is CN(C)c1nc(Cl)nc(N(C)Cc2ccc(F)cc2)n1. The molecule has 5 nitrogen and oxygen atoms in total. The minimum atomic E-state index is -0.255. The molecule has 1 aromatic heterocycles. The Hall–Kier alpha value is -1.95. The maximum Gasteiger partial charge on any atom is 0.231 e. The van der Waals surface area contributed by atoms with Crippen LogP contribution in [0, 0.1) is 5.82 Å². The third kappa shape index (κ3) is 3.54. The van der Waals surface area contributed by atoms with E-state index in [1.165, 1.54) is 12.1 Å². The summed E-state index contributed by atoms with van der Waals surface area (Å²) in [5, 5.41) is 0.143. The standard InChI is InChI=1S/C13H15ClFN5/c1-19(2)12-16-11(14)17-13(18-12)20(3)8-9-4-6-10(15)7-5-9/h4-7H,8H2,1-3H3. The average molecular weight is 296 g/mol. The summed E-state index contributed by atoms with van der Waals surface area (Å²) >= 11 is 5.90. The van der Waals surface area contributed by atoms with Crippen molar-refractivity contribution in [2.75, 3.05) is 30.9 Å². The lowest BCUT2D eigenvalue weighted by atomic mass is 10.2. The summed E-state index contributed by atoms with van der Waals surface area (Å²) in [7, 11) is 5.50. The number of benzene rings is 1. The first-order valence-electron chi connectivity index (χ1n) is 6.00. The molecule has 0 N–H and O–H groups in total. The lowest BCUT2D eigenvalue weighted by molar-refractivity contribution is 0.627. The topological polar surface area (TPSA) is 45.2 Å². The van der Waals surface area contributed by atoms with E-state index in [-0.39, 0.29) is 11.1 Å². The number of hydrogen-bond donors (Lipinski definition) is 0. The van der Waals surface area contributed by atoms with E-state index in [1.54, 1.807) is 17.0 Å². The predicted molar refractivity (Wildman–Crippen MR) is 77.7 cm³/mol. The normalized spacial score (nSPS) is 10.4. The molecule has 0 amide bonds. The molecule has 0 aliphatic carbocycles. The summed E-state index contributed by atoms with van der Waals surface area (Å²) in [4.78, 5) is 16.0. The molecule has 0 spiro atoms. The van der Waals surface area contributed by atoms with E-state index in [0.29, 0.717) is 18.4 Å². The highest BCUT2D eigenvalue weighted by Crippen LogP contribution is 2.16. The van der Waals surface area contributed by atoms with Gasteiger partial charge < -0.3 is 9.80 Å². The van der Waals surface area contributed by atoms with E-state index >= 15 is 0 Å². The van der Waals surface area contributed by atoms with Crippen LogP contribution in [0.4, 0.5) is 16.3 Å². The summed E-state index contributed by atoms with van der Waals surface area (Å²) in [5.74, 6) is 0.707. The van der Waals surface area contributed by atoms with Gasteiger partial charge in [-0.05, 0) is 29.3 Å². The second-order valence-electron chi connectivity index (χ2n) is 4.58. The molecule has 0 aliphatic heterocycles.